The van der Waals surface area contributed by atoms with Crippen molar-refractivity contribution in [2.75, 3.05) is 0 Å². The van der Waals surface area contributed by atoms with Crippen molar-refractivity contribution in [2.45, 2.75) is 6.92 Å². The summed E-state index contributed by atoms with van der Waals surface area (Å²) in [4.78, 5) is 19.9. The van der Waals surface area contributed by atoms with E-state index in [4.69, 9.17) is 0 Å². The molecule has 0 fully saturated rings. The van der Waals surface area contributed by atoms with Gasteiger partial charge in [0.15, 0.2) is 0 Å². The molecule has 0 aliphatic carbocycles. The first-order valence-electron chi connectivity index (χ1n) is 1.94. The molecule has 0 aromatic carbocycles. The van der Waals surface area contributed by atoms with E-state index < -0.39 is 11.9 Å². The second kappa shape index (κ2) is 2.96. The first kappa shape index (κ1) is 6.88. The molecule has 0 saturated heterocycles. The van der Waals surface area contributed by atoms with Crippen molar-refractivity contribution in [3.8, 4) is 0 Å². The first-order valence-corrected chi connectivity index (χ1v) is 1.94. The molecule has 0 bridgehead atoms. The molecule has 0 saturated carbocycles. The second-order valence-electron chi connectivity index (χ2n) is 1.08. The van der Waals surface area contributed by atoms with E-state index >= 15 is 0 Å². The highest BCUT2D eigenvalue weighted by Gasteiger charge is 1.96. The molecule has 0 unspecified atom stereocenters. The fourth-order valence-electron chi connectivity index (χ4n) is 0.176. The molecule has 0 aliphatic heterocycles. The molecule has 0 amide bonds. The van der Waals surface area contributed by atoms with E-state index in [0.29, 0.717) is 6.08 Å². The Labute approximate surface area is 46.9 Å². The molecular formula is C5H5O3. The van der Waals surface area contributed by atoms with Gasteiger partial charge in [0, 0.05) is 13.0 Å². The van der Waals surface area contributed by atoms with Crippen molar-refractivity contribution in [1.29, 1.82) is 0 Å². The fraction of sp³-hybridized carbons (Fsp3) is 0.200. The molecule has 1 radical (unpaired) electrons. The smallest absolute Gasteiger partial charge is 0.338 e. The molecule has 8 heavy (non-hydrogen) atoms. The van der Waals surface area contributed by atoms with E-state index in [1.54, 1.807) is 0 Å². The van der Waals surface area contributed by atoms with Gasteiger partial charge in [-0.1, -0.05) is 6.58 Å². The average molecular weight is 113 g/mol. The number of ether oxygens (including phenoxy) is 1. The van der Waals surface area contributed by atoms with Crippen molar-refractivity contribution < 1.29 is 14.3 Å². The summed E-state index contributed by atoms with van der Waals surface area (Å²) in [6.45, 7) is 5.79. The topological polar surface area (TPSA) is 43.4 Å². The van der Waals surface area contributed by atoms with Gasteiger partial charge < -0.3 is 4.74 Å². The van der Waals surface area contributed by atoms with Crippen LogP contribution in [0.4, 0.5) is 0 Å². The van der Waals surface area contributed by atoms with Crippen molar-refractivity contribution in [3.63, 3.8) is 0 Å². The third kappa shape index (κ3) is 3.08. The molecule has 0 aliphatic rings. The van der Waals surface area contributed by atoms with Crippen LogP contribution in [-0.2, 0) is 14.3 Å². The Bertz CT molecular complexity index is 126. The highest BCUT2D eigenvalue weighted by atomic mass is 16.6. The monoisotopic (exact) mass is 113 g/mol. The van der Waals surface area contributed by atoms with Crippen LogP contribution in [-0.4, -0.2) is 11.9 Å². The number of esters is 2. The lowest BCUT2D eigenvalue weighted by Crippen LogP contribution is -2.04. The van der Waals surface area contributed by atoms with Crippen molar-refractivity contribution in [3.05, 3.63) is 12.7 Å². The molecule has 0 aromatic heterocycles. The van der Waals surface area contributed by atoms with Crippen LogP contribution < -0.4 is 0 Å². The average Bonchev–Trinajstić information content (AvgIpc) is 1.65. The Morgan fingerprint density at radius 2 is 2.12 bits per heavy atom. The predicted molar refractivity (Wildman–Crippen MR) is 25.6 cm³/mol. The summed E-state index contributed by atoms with van der Waals surface area (Å²) in [6, 6.07) is 0. The summed E-state index contributed by atoms with van der Waals surface area (Å²) < 4.78 is 3.94. The van der Waals surface area contributed by atoms with Crippen molar-refractivity contribution >= 4 is 11.9 Å². The van der Waals surface area contributed by atoms with Gasteiger partial charge in [-0.25, -0.2) is 4.79 Å². The maximum atomic E-state index is 10.00. The molecule has 0 spiro atoms. The standard InChI is InChI=1S/C5H5O3/c1-3-5(7)8-4(2)6/h1,3H,2H3. The normalized spacial score (nSPS) is 7.62. The Balaban J connectivity index is 3.55. The second-order valence-corrected chi connectivity index (χ2v) is 1.08. The highest BCUT2D eigenvalue weighted by Crippen LogP contribution is 1.77. The van der Waals surface area contributed by atoms with Crippen LogP contribution >= 0.6 is 0 Å². The van der Waals surface area contributed by atoms with Gasteiger partial charge in [-0.15, -0.1) is 0 Å². The third-order valence-electron chi connectivity index (χ3n) is 0.380. The molecule has 0 heterocycles. The van der Waals surface area contributed by atoms with Crippen LogP contribution in [0.2, 0.25) is 0 Å². The first-order chi connectivity index (χ1) is 3.66. The zero-order valence-corrected chi connectivity index (χ0v) is 4.38. The summed E-state index contributed by atoms with van der Waals surface area (Å²) >= 11 is 0. The lowest BCUT2D eigenvalue weighted by atomic mass is 10.6. The predicted octanol–water partition coefficient (Wildman–Crippen LogP) is 0.0653. The zero-order valence-electron chi connectivity index (χ0n) is 4.38. The lowest BCUT2D eigenvalue weighted by Gasteiger charge is -1.88. The van der Waals surface area contributed by atoms with Crippen LogP contribution in [0, 0.1) is 6.58 Å². The van der Waals surface area contributed by atoms with Gasteiger partial charge >= 0.3 is 11.9 Å². The molecule has 43 valence electrons. The summed E-state index contributed by atoms with van der Waals surface area (Å²) in [6.07, 6.45) is 0.682. The molecular weight excluding hydrogens is 108 g/mol. The number of rotatable bonds is 1. The summed E-state index contributed by atoms with van der Waals surface area (Å²) in [5.74, 6) is -1.48. The molecule has 0 atom stereocenters. The lowest BCUT2D eigenvalue weighted by molar-refractivity contribution is -0.154. The van der Waals surface area contributed by atoms with Crippen LogP contribution in [0.15, 0.2) is 6.08 Å². The SMILES string of the molecule is [CH]=CC(=O)OC(C)=O. The molecule has 3 heteroatoms. The molecule has 0 aromatic rings. The quantitative estimate of drug-likeness (QED) is 0.274. The van der Waals surface area contributed by atoms with Gasteiger partial charge in [0.25, 0.3) is 0 Å². The van der Waals surface area contributed by atoms with E-state index in [0.717, 1.165) is 6.92 Å². The number of hydrogen-bond donors (Lipinski definition) is 0. The minimum absolute atomic E-state index is 0.656. The summed E-state index contributed by atoms with van der Waals surface area (Å²) in [5.41, 5.74) is 0. The van der Waals surface area contributed by atoms with Crippen LogP contribution in [0.1, 0.15) is 6.92 Å². The van der Waals surface area contributed by atoms with Crippen LogP contribution in [0.25, 0.3) is 0 Å². The molecule has 0 rings (SSSR count). The van der Waals surface area contributed by atoms with Gasteiger partial charge in [-0.3, -0.25) is 4.79 Å². The highest BCUT2D eigenvalue weighted by molar-refractivity contribution is 5.90. The number of carbonyl (C=O) groups excluding carboxylic acids is 2. The van der Waals surface area contributed by atoms with Crippen molar-refractivity contribution in [2.24, 2.45) is 0 Å². The van der Waals surface area contributed by atoms with E-state index in [9.17, 15) is 9.59 Å². The van der Waals surface area contributed by atoms with E-state index in [-0.39, 0.29) is 0 Å². The maximum absolute atomic E-state index is 10.00. The maximum Gasteiger partial charge on any atom is 0.338 e. The third-order valence-corrected chi connectivity index (χ3v) is 0.380. The Kier molecular flexibility index (Phi) is 2.54. The van der Waals surface area contributed by atoms with E-state index in [1.165, 1.54) is 0 Å². The van der Waals surface area contributed by atoms with Gasteiger partial charge in [-0.05, 0) is 0 Å². The number of carbonyl (C=O) groups is 2. The van der Waals surface area contributed by atoms with Gasteiger partial charge in [0.05, 0.1) is 0 Å². The zero-order chi connectivity index (χ0) is 6.57. The summed E-state index contributed by atoms with van der Waals surface area (Å²) in [7, 11) is 0. The number of hydrogen-bond acceptors (Lipinski definition) is 3. The Morgan fingerprint density at radius 3 is 2.25 bits per heavy atom. The van der Waals surface area contributed by atoms with Crippen molar-refractivity contribution in [1.82, 2.24) is 0 Å². The van der Waals surface area contributed by atoms with Crippen LogP contribution in [0.5, 0.6) is 0 Å². The molecule has 0 N–H and O–H groups in total. The van der Waals surface area contributed by atoms with Crippen LogP contribution in [0.3, 0.4) is 0 Å². The fourth-order valence-corrected chi connectivity index (χ4v) is 0.176. The summed E-state index contributed by atoms with van der Waals surface area (Å²) in [5, 5.41) is 0. The minimum atomic E-state index is -0.822. The van der Waals surface area contributed by atoms with E-state index in [1.807, 2.05) is 0 Å². The molecule has 3 nitrogen and oxygen atoms in total. The van der Waals surface area contributed by atoms with Gasteiger partial charge in [0.1, 0.15) is 0 Å². The minimum Gasteiger partial charge on any atom is -0.390 e. The Hall–Kier alpha value is -1.12. The largest absolute Gasteiger partial charge is 0.390 e. The van der Waals surface area contributed by atoms with E-state index in [2.05, 4.69) is 11.3 Å². The van der Waals surface area contributed by atoms with Gasteiger partial charge in [-0.2, -0.15) is 0 Å². The Morgan fingerprint density at radius 1 is 1.62 bits per heavy atom. The van der Waals surface area contributed by atoms with Gasteiger partial charge in [0.2, 0.25) is 0 Å².